The fourth-order valence-electron chi connectivity index (χ4n) is 1.76. The first kappa shape index (κ1) is 13.7. The minimum atomic E-state index is -2.34. The molecule has 0 fully saturated rings. The number of hydrogen-bond donors (Lipinski definition) is 0. The summed E-state index contributed by atoms with van der Waals surface area (Å²) in [4.78, 5) is 0. The van der Waals surface area contributed by atoms with Crippen LogP contribution in [0, 0.1) is 40.7 Å². The van der Waals surface area contributed by atoms with E-state index in [4.69, 9.17) is 0 Å². The van der Waals surface area contributed by atoms with Crippen molar-refractivity contribution in [1.29, 1.82) is 0 Å². The van der Waals surface area contributed by atoms with Crippen LogP contribution in [0.15, 0.2) is 0 Å². The highest BCUT2D eigenvalue weighted by molar-refractivity contribution is 6.52. The third-order valence-electron chi connectivity index (χ3n) is 2.66. The Hall–Kier alpha value is -1.73. The minimum absolute atomic E-state index is 0.756. The Morgan fingerprint density at radius 2 is 0.895 bits per heavy atom. The van der Waals surface area contributed by atoms with Gasteiger partial charge in [-0.05, 0) is 5.46 Å². The molecule has 0 aliphatic heterocycles. The van der Waals surface area contributed by atoms with Crippen LogP contribution in [-0.2, 0) is 0 Å². The van der Waals surface area contributed by atoms with Crippen molar-refractivity contribution in [3.63, 3.8) is 0 Å². The van der Waals surface area contributed by atoms with Crippen LogP contribution in [0.4, 0.5) is 30.7 Å². The Labute approximate surface area is 103 Å². The quantitative estimate of drug-likeness (QED) is 0.325. The maximum absolute atomic E-state index is 13.7. The maximum atomic E-state index is 13.7. The van der Waals surface area contributed by atoms with Gasteiger partial charge in [0.2, 0.25) is 0 Å². The summed E-state index contributed by atoms with van der Waals surface area (Å²) in [5.74, 6) is -14.4. The molecule has 99 valence electrons. The van der Waals surface area contributed by atoms with E-state index in [2.05, 4.69) is 0 Å². The van der Waals surface area contributed by atoms with Crippen LogP contribution in [0.25, 0.3) is 10.8 Å². The van der Waals surface area contributed by atoms with Gasteiger partial charge in [-0.3, -0.25) is 0 Å². The highest BCUT2D eigenvalue weighted by Gasteiger charge is 2.29. The highest BCUT2D eigenvalue weighted by Crippen LogP contribution is 2.31. The van der Waals surface area contributed by atoms with Crippen molar-refractivity contribution in [2.75, 3.05) is 0 Å². The van der Waals surface area contributed by atoms with Gasteiger partial charge in [0, 0.05) is 0 Å². The molecule has 0 heterocycles. The average Bonchev–Trinajstić information content (AvgIpc) is 2.38. The second kappa shape index (κ2) is 4.43. The summed E-state index contributed by atoms with van der Waals surface area (Å²) in [5.41, 5.74) is -0.991. The third kappa shape index (κ3) is 1.69. The van der Waals surface area contributed by atoms with E-state index in [-0.39, 0.29) is 0 Å². The Morgan fingerprint density at radius 3 is 1.32 bits per heavy atom. The predicted molar refractivity (Wildman–Crippen MR) is 54.9 cm³/mol. The van der Waals surface area contributed by atoms with E-state index < -0.39 is 57.0 Å². The van der Waals surface area contributed by atoms with Crippen molar-refractivity contribution in [1.82, 2.24) is 0 Å². The van der Waals surface area contributed by atoms with Crippen LogP contribution in [0.2, 0.25) is 6.82 Å². The van der Waals surface area contributed by atoms with Crippen molar-refractivity contribution in [2.24, 2.45) is 0 Å². The number of rotatable bonds is 1. The molecule has 0 aromatic heterocycles. The van der Waals surface area contributed by atoms with Crippen molar-refractivity contribution in [2.45, 2.75) is 6.82 Å². The van der Waals surface area contributed by atoms with Crippen molar-refractivity contribution in [3.05, 3.63) is 40.7 Å². The van der Waals surface area contributed by atoms with Crippen LogP contribution in [-0.4, -0.2) is 7.28 Å². The van der Waals surface area contributed by atoms with Crippen LogP contribution in [0.3, 0.4) is 0 Å². The molecule has 2 aromatic carbocycles. The predicted octanol–water partition coefficient (Wildman–Crippen LogP) is 3.19. The van der Waals surface area contributed by atoms with Gasteiger partial charge in [-0.2, -0.15) is 0 Å². The molecule has 0 N–H and O–H groups in total. The molecule has 0 unspecified atom stereocenters. The van der Waals surface area contributed by atoms with Gasteiger partial charge in [0.25, 0.3) is 0 Å². The Bertz CT molecular complexity index is 696. The molecule has 0 nitrogen and oxygen atoms in total. The Kier molecular flexibility index (Phi) is 3.20. The van der Waals surface area contributed by atoms with Crippen molar-refractivity contribution < 1.29 is 30.7 Å². The van der Waals surface area contributed by atoms with Gasteiger partial charge in [-0.25, -0.2) is 30.7 Å². The van der Waals surface area contributed by atoms with Gasteiger partial charge in [0.15, 0.2) is 42.2 Å². The Morgan fingerprint density at radius 1 is 0.526 bits per heavy atom. The lowest BCUT2D eigenvalue weighted by molar-refractivity contribution is 0.412. The normalized spacial score (nSPS) is 11.2. The monoisotopic (exact) mass is 279 g/mol. The number of hydrogen-bond acceptors (Lipinski definition) is 0. The molecular formula is C11H3BF7. The van der Waals surface area contributed by atoms with Crippen LogP contribution in [0.1, 0.15) is 0 Å². The van der Waals surface area contributed by atoms with Gasteiger partial charge in [-0.1, -0.05) is 6.82 Å². The molecule has 0 saturated carbocycles. The molecule has 2 aromatic rings. The van der Waals surface area contributed by atoms with Crippen LogP contribution in [0.5, 0.6) is 0 Å². The fraction of sp³-hybridized carbons (Fsp3) is 0.0909. The zero-order chi connectivity index (χ0) is 14.5. The summed E-state index contributed by atoms with van der Waals surface area (Å²) in [6.45, 7) is 1.11. The zero-order valence-corrected chi connectivity index (χ0v) is 9.22. The Balaban J connectivity index is 3.18. The number of fused-ring (bicyclic) bond motifs is 1. The SMILES string of the molecule is C[B]c1c(F)c(F)c2c(F)c(F)c(F)c(F)c2c1F. The maximum Gasteiger partial charge on any atom is 0.198 e. The molecule has 0 bridgehead atoms. The molecule has 0 aliphatic rings. The van der Waals surface area contributed by atoms with Gasteiger partial charge in [-0.15, -0.1) is 0 Å². The molecule has 0 spiro atoms. The van der Waals surface area contributed by atoms with E-state index in [0.717, 1.165) is 14.1 Å². The first-order valence-electron chi connectivity index (χ1n) is 4.94. The third-order valence-corrected chi connectivity index (χ3v) is 2.66. The summed E-state index contributed by atoms with van der Waals surface area (Å²) in [6, 6.07) is 0. The van der Waals surface area contributed by atoms with E-state index in [1.165, 1.54) is 0 Å². The summed E-state index contributed by atoms with van der Waals surface area (Å²) in [5, 5.41) is -3.07. The van der Waals surface area contributed by atoms with Gasteiger partial charge >= 0.3 is 0 Å². The molecule has 19 heavy (non-hydrogen) atoms. The number of halogens is 7. The van der Waals surface area contributed by atoms with E-state index in [1.807, 2.05) is 0 Å². The molecule has 2 rings (SSSR count). The molecule has 0 amide bonds. The minimum Gasteiger partial charge on any atom is -0.207 e. The van der Waals surface area contributed by atoms with E-state index in [0.29, 0.717) is 0 Å². The average molecular weight is 279 g/mol. The lowest BCUT2D eigenvalue weighted by Gasteiger charge is -2.11. The fourth-order valence-corrected chi connectivity index (χ4v) is 1.76. The van der Waals surface area contributed by atoms with Gasteiger partial charge in [0.05, 0.1) is 10.8 Å². The molecule has 8 heteroatoms. The summed E-state index contributed by atoms with van der Waals surface area (Å²) in [7, 11) is 0.756. The molecule has 0 atom stereocenters. The highest BCUT2D eigenvalue weighted by atomic mass is 19.2. The largest absolute Gasteiger partial charge is 0.207 e. The van der Waals surface area contributed by atoms with Crippen LogP contribution < -0.4 is 5.46 Å². The standard InChI is InChI=1S/C11H3BF7/c1-12-4-5(13)2-3(6(14)9(4)17)8(16)11(19)10(18)7(2)15/h1H3. The van der Waals surface area contributed by atoms with Crippen molar-refractivity contribution >= 4 is 23.5 Å². The van der Waals surface area contributed by atoms with Gasteiger partial charge < -0.3 is 0 Å². The lowest BCUT2D eigenvalue weighted by Crippen LogP contribution is -2.24. The summed E-state index contributed by atoms with van der Waals surface area (Å²) >= 11 is 0. The second-order valence-electron chi connectivity index (χ2n) is 3.65. The lowest BCUT2D eigenvalue weighted by atomic mass is 9.71. The van der Waals surface area contributed by atoms with E-state index in [1.54, 1.807) is 0 Å². The molecular weight excluding hydrogens is 276 g/mol. The molecule has 1 radical (unpaired) electrons. The zero-order valence-electron chi connectivity index (χ0n) is 9.22. The smallest absolute Gasteiger partial charge is 0.198 e. The van der Waals surface area contributed by atoms with Crippen LogP contribution >= 0.6 is 0 Å². The second-order valence-corrected chi connectivity index (χ2v) is 3.65. The van der Waals surface area contributed by atoms with E-state index in [9.17, 15) is 30.7 Å². The summed E-state index contributed by atoms with van der Waals surface area (Å²) < 4.78 is 93.3. The first-order valence-corrected chi connectivity index (χ1v) is 4.94. The molecule has 0 aliphatic carbocycles. The van der Waals surface area contributed by atoms with E-state index >= 15 is 0 Å². The first-order chi connectivity index (χ1) is 8.82. The molecule has 0 saturated heterocycles. The topological polar surface area (TPSA) is 0 Å². The van der Waals surface area contributed by atoms with Crippen molar-refractivity contribution in [3.8, 4) is 0 Å². The summed E-state index contributed by atoms with van der Waals surface area (Å²) in [6.07, 6.45) is 0. The number of benzene rings is 2. The van der Waals surface area contributed by atoms with Gasteiger partial charge in [0.1, 0.15) is 5.82 Å².